The summed E-state index contributed by atoms with van der Waals surface area (Å²) < 4.78 is 2.05. The van der Waals surface area contributed by atoms with Crippen LogP contribution >= 0.6 is 0 Å². The number of aromatic nitrogens is 2. The molecule has 4 heteroatoms. The summed E-state index contributed by atoms with van der Waals surface area (Å²) in [5, 5.41) is 4.39. The lowest BCUT2D eigenvalue weighted by Gasteiger charge is -2.58. The van der Waals surface area contributed by atoms with E-state index >= 15 is 0 Å². The van der Waals surface area contributed by atoms with Gasteiger partial charge >= 0.3 is 0 Å². The van der Waals surface area contributed by atoms with E-state index in [0.717, 1.165) is 31.8 Å². The van der Waals surface area contributed by atoms with Crippen LogP contribution in [-0.4, -0.2) is 34.0 Å². The van der Waals surface area contributed by atoms with E-state index in [0.29, 0.717) is 5.41 Å². The quantitative estimate of drug-likeness (QED) is 0.784. The van der Waals surface area contributed by atoms with Gasteiger partial charge in [-0.1, -0.05) is 6.07 Å². The molecule has 0 N–H and O–H groups in total. The standard InChI is InChI=1S/C15H17N3O/c19-11-17-9-15(10-17)7-12(8-15)6-14-3-1-2-13-4-5-16-18(13)14/h1-5,11-12H,6-10H2. The zero-order valence-corrected chi connectivity index (χ0v) is 10.8. The predicted molar refractivity (Wildman–Crippen MR) is 71.7 cm³/mol. The molecule has 0 atom stereocenters. The normalized spacial score (nSPS) is 21.4. The van der Waals surface area contributed by atoms with E-state index in [1.165, 1.54) is 24.1 Å². The summed E-state index contributed by atoms with van der Waals surface area (Å²) in [6.45, 7) is 1.94. The van der Waals surface area contributed by atoms with Crippen LogP contribution in [0.4, 0.5) is 0 Å². The number of nitrogens with zero attached hydrogens (tertiary/aromatic N) is 3. The van der Waals surface area contributed by atoms with Gasteiger partial charge in [0.15, 0.2) is 0 Å². The third-order valence-corrected chi connectivity index (χ3v) is 4.67. The van der Waals surface area contributed by atoms with Crippen molar-refractivity contribution in [2.24, 2.45) is 11.3 Å². The first-order chi connectivity index (χ1) is 9.28. The number of carbonyl (C=O) groups excluding carboxylic acids is 1. The molecule has 1 amide bonds. The Labute approximate surface area is 112 Å². The fourth-order valence-electron chi connectivity index (χ4n) is 3.92. The smallest absolute Gasteiger partial charge is 0.209 e. The highest BCUT2D eigenvalue weighted by molar-refractivity contribution is 5.50. The van der Waals surface area contributed by atoms with Crippen molar-refractivity contribution in [3.63, 3.8) is 0 Å². The molecule has 0 radical (unpaired) electrons. The lowest BCUT2D eigenvalue weighted by Crippen LogP contribution is -2.61. The van der Waals surface area contributed by atoms with Crippen molar-refractivity contribution in [3.05, 3.63) is 36.2 Å². The zero-order chi connectivity index (χ0) is 12.9. The molecular weight excluding hydrogens is 238 g/mol. The highest BCUT2D eigenvalue weighted by Crippen LogP contribution is 2.52. The molecule has 1 saturated heterocycles. The van der Waals surface area contributed by atoms with Gasteiger partial charge in [-0.2, -0.15) is 5.10 Å². The molecular formula is C15H17N3O. The molecule has 1 saturated carbocycles. The monoisotopic (exact) mass is 255 g/mol. The third-order valence-electron chi connectivity index (χ3n) is 4.67. The Kier molecular flexibility index (Phi) is 2.22. The minimum Gasteiger partial charge on any atom is -0.344 e. The van der Waals surface area contributed by atoms with Gasteiger partial charge in [0.05, 0.1) is 5.52 Å². The van der Waals surface area contributed by atoms with Crippen LogP contribution in [0.5, 0.6) is 0 Å². The second kappa shape index (κ2) is 3.83. The highest BCUT2D eigenvalue weighted by Gasteiger charge is 2.51. The van der Waals surface area contributed by atoms with Crippen molar-refractivity contribution < 1.29 is 4.79 Å². The maximum absolute atomic E-state index is 10.6. The van der Waals surface area contributed by atoms with E-state index in [4.69, 9.17) is 0 Å². The molecule has 1 aliphatic heterocycles. The average Bonchev–Trinajstić information content (AvgIpc) is 2.79. The lowest BCUT2D eigenvalue weighted by molar-refractivity contribution is -0.141. The summed E-state index contributed by atoms with van der Waals surface area (Å²) in [6, 6.07) is 8.41. The van der Waals surface area contributed by atoms with Crippen molar-refractivity contribution in [2.45, 2.75) is 19.3 Å². The molecule has 0 unspecified atom stereocenters. The van der Waals surface area contributed by atoms with Crippen LogP contribution in [0.3, 0.4) is 0 Å². The molecule has 4 rings (SSSR count). The fourth-order valence-corrected chi connectivity index (χ4v) is 3.92. The van der Waals surface area contributed by atoms with Gasteiger partial charge in [0, 0.05) is 30.4 Å². The zero-order valence-electron chi connectivity index (χ0n) is 10.8. The first-order valence-electron chi connectivity index (χ1n) is 6.89. The van der Waals surface area contributed by atoms with E-state index in [2.05, 4.69) is 23.3 Å². The summed E-state index contributed by atoms with van der Waals surface area (Å²) in [6.07, 6.45) is 6.45. The lowest BCUT2D eigenvalue weighted by atomic mass is 9.57. The van der Waals surface area contributed by atoms with E-state index in [9.17, 15) is 4.79 Å². The number of hydrogen-bond acceptors (Lipinski definition) is 2. The Bertz CT molecular complexity index is 619. The van der Waals surface area contributed by atoms with Gasteiger partial charge in [0.2, 0.25) is 6.41 Å². The summed E-state index contributed by atoms with van der Waals surface area (Å²) >= 11 is 0. The fraction of sp³-hybridized carbons (Fsp3) is 0.467. The summed E-state index contributed by atoms with van der Waals surface area (Å²) in [5.41, 5.74) is 2.93. The van der Waals surface area contributed by atoms with E-state index < -0.39 is 0 Å². The van der Waals surface area contributed by atoms with Crippen LogP contribution < -0.4 is 0 Å². The van der Waals surface area contributed by atoms with E-state index in [1.807, 2.05) is 21.7 Å². The van der Waals surface area contributed by atoms with Crippen LogP contribution in [0, 0.1) is 11.3 Å². The molecule has 19 heavy (non-hydrogen) atoms. The SMILES string of the molecule is O=CN1CC2(CC(Cc3cccc4ccnn34)C2)C1. The van der Waals surface area contributed by atoms with Gasteiger partial charge in [-0.05, 0) is 43.4 Å². The number of likely N-dealkylation sites (tertiary alicyclic amines) is 1. The topological polar surface area (TPSA) is 37.6 Å². The van der Waals surface area contributed by atoms with Gasteiger partial charge in [-0.25, -0.2) is 4.52 Å². The minimum absolute atomic E-state index is 0.462. The maximum Gasteiger partial charge on any atom is 0.209 e. The van der Waals surface area contributed by atoms with Crippen LogP contribution in [-0.2, 0) is 11.2 Å². The molecule has 2 fully saturated rings. The maximum atomic E-state index is 10.6. The molecule has 98 valence electrons. The van der Waals surface area contributed by atoms with Gasteiger partial charge in [0.25, 0.3) is 0 Å². The average molecular weight is 255 g/mol. The Hall–Kier alpha value is -1.84. The predicted octanol–water partition coefficient (Wildman–Crippen LogP) is 1.75. The molecule has 2 aromatic rings. The molecule has 1 aliphatic carbocycles. The van der Waals surface area contributed by atoms with Gasteiger partial charge in [-0.3, -0.25) is 4.79 Å². The van der Waals surface area contributed by atoms with Crippen LogP contribution in [0.25, 0.3) is 5.52 Å². The third kappa shape index (κ3) is 1.66. The molecule has 2 aromatic heterocycles. The van der Waals surface area contributed by atoms with Crippen LogP contribution in [0.1, 0.15) is 18.5 Å². The molecule has 0 bridgehead atoms. The van der Waals surface area contributed by atoms with Crippen molar-refractivity contribution in [1.29, 1.82) is 0 Å². The first-order valence-corrected chi connectivity index (χ1v) is 6.89. The summed E-state index contributed by atoms with van der Waals surface area (Å²) in [7, 11) is 0. The highest BCUT2D eigenvalue weighted by atomic mass is 16.1. The number of hydrogen-bond donors (Lipinski definition) is 0. The Morgan fingerprint density at radius 2 is 2.16 bits per heavy atom. The van der Waals surface area contributed by atoms with Gasteiger partial charge in [0.1, 0.15) is 0 Å². The first kappa shape index (κ1) is 11.0. The number of pyridine rings is 1. The van der Waals surface area contributed by atoms with Crippen molar-refractivity contribution in [3.8, 4) is 0 Å². The minimum atomic E-state index is 0.462. The number of fused-ring (bicyclic) bond motifs is 1. The molecule has 0 aromatic carbocycles. The largest absolute Gasteiger partial charge is 0.344 e. The van der Waals surface area contributed by atoms with Crippen LogP contribution in [0.15, 0.2) is 30.5 Å². The summed E-state index contributed by atoms with van der Waals surface area (Å²) in [4.78, 5) is 12.5. The second-order valence-electron chi connectivity index (χ2n) is 6.17. The van der Waals surface area contributed by atoms with E-state index in [-0.39, 0.29) is 0 Å². The number of carbonyl (C=O) groups is 1. The molecule has 3 heterocycles. The van der Waals surface area contributed by atoms with Gasteiger partial charge < -0.3 is 4.90 Å². The van der Waals surface area contributed by atoms with E-state index in [1.54, 1.807) is 0 Å². The van der Waals surface area contributed by atoms with Crippen molar-refractivity contribution >= 4 is 11.9 Å². The van der Waals surface area contributed by atoms with Crippen molar-refractivity contribution in [2.75, 3.05) is 13.1 Å². The van der Waals surface area contributed by atoms with Crippen LogP contribution in [0.2, 0.25) is 0 Å². The number of rotatable bonds is 3. The Balaban J connectivity index is 1.44. The molecule has 1 spiro atoms. The van der Waals surface area contributed by atoms with Crippen molar-refractivity contribution in [1.82, 2.24) is 14.5 Å². The summed E-state index contributed by atoms with van der Waals surface area (Å²) in [5.74, 6) is 0.753. The molecule has 2 aliphatic rings. The Morgan fingerprint density at radius 3 is 2.95 bits per heavy atom. The number of amides is 1. The Morgan fingerprint density at radius 1 is 1.32 bits per heavy atom. The molecule has 4 nitrogen and oxygen atoms in total. The van der Waals surface area contributed by atoms with Gasteiger partial charge in [-0.15, -0.1) is 0 Å². The second-order valence-corrected chi connectivity index (χ2v) is 6.17.